The minimum absolute atomic E-state index is 0.0337. The van der Waals surface area contributed by atoms with Crippen molar-refractivity contribution in [3.63, 3.8) is 0 Å². The molecule has 6 heteroatoms. The maximum atomic E-state index is 12.2. The van der Waals surface area contributed by atoms with Gasteiger partial charge < -0.3 is 14.8 Å². The number of amides is 2. The average molecular weight is 360 g/mol. The molecule has 1 aromatic carbocycles. The summed E-state index contributed by atoms with van der Waals surface area (Å²) in [5.41, 5.74) is 0.566. The van der Waals surface area contributed by atoms with Gasteiger partial charge in [-0.15, -0.1) is 0 Å². The van der Waals surface area contributed by atoms with Crippen LogP contribution in [0.15, 0.2) is 24.3 Å². The van der Waals surface area contributed by atoms with Crippen LogP contribution in [0.4, 0.5) is 10.5 Å². The summed E-state index contributed by atoms with van der Waals surface area (Å²) < 4.78 is 10.4. The van der Waals surface area contributed by atoms with Gasteiger partial charge in [0.1, 0.15) is 5.75 Å². The second-order valence-corrected chi connectivity index (χ2v) is 7.36. The Labute approximate surface area is 154 Å². The minimum Gasteiger partial charge on any atom is -0.484 e. The first-order valence-corrected chi connectivity index (χ1v) is 9.51. The van der Waals surface area contributed by atoms with E-state index in [9.17, 15) is 9.59 Å². The lowest BCUT2D eigenvalue weighted by Gasteiger charge is -2.28. The van der Waals surface area contributed by atoms with Gasteiger partial charge in [-0.1, -0.05) is 12.5 Å². The van der Waals surface area contributed by atoms with E-state index >= 15 is 0 Å². The smallest absolute Gasteiger partial charge is 0.411 e. The molecule has 3 rings (SSSR count). The first-order valence-electron chi connectivity index (χ1n) is 9.51. The summed E-state index contributed by atoms with van der Waals surface area (Å²) in [6, 6.07) is 7.11. The summed E-state index contributed by atoms with van der Waals surface area (Å²) in [6.07, 6.45) is 4.74. The second-order valence-electron chi connectivity index (χ2n) is 7.36. The van der Waals surface area contributed by atoms with Crippen LogP contribution in [0.3, 0.4) is 0 Å². The molecule has 2 amide bonds. The number of anilines is 1. The Morgan fingerprint density at radius 1 is 1.27 bits per heavy atom. The lowest BCUT2D eigenvalue weighted by molar-refractivity contribution is -0.124. The SMILES string of the molecule is CCOC(=O)Nc1cccc(OCC(=O)N[C@@H](C)[C@@H]2C[C@H]3CC[C@H]2C3)c1. The van der Waals surface area contributed by atoms with Gasteiger partial charge in [0.2, 0.25) is 0 Å². The summed E-state index contributed by atoms with van der Waals surface area (Å²) in [5, 5.41) is 5.70. The third-order valence-electron chi connectivity index (χ3n) is 5.55. The normalized spacial score (nSPS) is 24.8. The van der Waals surface area contributed by atoms with Crippen LogP contribution >= 0.6 is 0 Å². The molecule has 2 saturated carbocycles. The third-order valence-corrected chi connectivity index (χ3v) is 5.55. The number of benzene rings is 1. The zero-order valence-corrected chi connectivity index (χ0v) is 15.5. The highest BCUT2D eigenvalue weighted by Crippen LogP contribution is 2.49. The molecule has 2 N–H and O–H groups in total. The summed E-state index contributed by atoms with van der Waals surface area (Å²) in [7, 11) is 0. The van der Waals surface area contributed by atoms with Gasteiger partial charge in [0, 0.05) is 17.8 Å². The topological polar surface area (TPSA) is 76.7 Å². The van der Waals surface area contributed by atoms with Crippen LogP contribution < -0.4 is 15.4 Å². The number of ether oxygens (including phenoxy) is 2. The number of hydrogen-bond acceptors (Lipinski definition) is 4. The molecule has 0 heterocycles. The van der Waals surface area contributed by atoms with Crippen molar-refractivity contribution in [2.24, 2.45) is 17.8 Å². The van der Waals surface area contributed by atoms with Crippen LogP contribution in [0.2, 0.25) is 0 Å². The van der Waals surface area contributed by atoms with Crippen LogP contribution in [0.1, 0.15) is 39.5 Å². The molecule has 142 valence electrons. The average Bonchev–Trinajstić information content (AvgIpc) is 3.24. The van der Waals surface area contributed by atoms with Crippen molar-refractivity contribution >= 4 is 17.7 Å². The fourth-order valence-corrected chi connectivity index (χ4v) is 4.41. The molecule has 0 spiro atoms. The lowest BCUT2D eigenvalue weighted by Crippen LogP contribution is -2.42. The minimum atomic E-state index is -0.512. The molecule has 26 heavy (non-hydrogen) atoms. The van der Waals surface area contributed by atoms with Crippen molar-refractivity contribution < 1.29 is 19.1 Å². The number of carbonyl (C=O) groups excluding carboxylic acids is 2. The van der Waals surface area contributed by atoms with Crippen LogP contribution in [-0.2, 0) is 9.53 Å². The summed E-state index contributed by atoms with van der Waals surface area (Å²) >= 11 is 0. The Kier molecular flexibility index (Phi) is 6.01. The van der Waals surface area contributed by atoms with E-state index in [1.807, 2.05) is 0 Å². The van der Waals surface area contributed by atoms with E-state index in [0.717, 1.165) is 11.8 Å². The van der Waals surface area contributed by atoms with Gasteiger partial charge in [0.15, 0.2) is 6.61 Å². The van der Waals surface area contributed by atoms with Crippen LogP contribution in [0.5, 0.6) is 5.75 Å². The molecular formula is C20H28N2O4. The molecule has 2 aliphatic rings. The maximum Gasteiger partial charge on any atom is 0.411 e. The van der Waals surface area contributed by atoms with E-state index in [2.05, 4.69) is 17.6 Å². The zero-order valence-electron chi connectivity index (χ0n) is 15.5. The van der Waals surface area contributed by atoms with E-state index < -0.39 is 6.09 Å². The molecule has 2 bridgehead atoms. The first kappa shape index (κ1) is 18.5. The first-order chi connectivity index (χ1) is 12.5. The number of carbonyl (C=O) groups is 2. The largest absolute Gasteiger partial charge is 0.484 e. The highest BCUT2D eigenvalue weighted by molar-refractivity contribution is 5.84. The van der Waals surface area contributed by atoms with E-state index in [0.29, 0.717) is 24.0 Å². The molecule has 2 aliphatic carbocycles. The molecule has 4 atom stereocenters. The number of fused-ring (bicyclic) bond motifs is 2. The van der Waals surface area contributed by atoms with Gasteiger partial charge in [0.25, 0.3) is 5.91 Å². The van der Waals surface area contributed by atoms with Crippen molar-refractivity contribution in [1.82, 2.24) is 5.32 Å². The highest BCUT2D eigenvalue weighted by atomic mass is 16.5. The molecule has 0 aliphatic heterocycles. The molecule has 1 aromatic rings. The van der Waals surface area contributed by atoms with E-state index in [1.54, 1.807) is 31.2 Å². The Bertz CT molecular complexity index is 648. The quantitative estimate of drug-likeness (QED) is 0.779. The fraction of sp³-hybridized carbons (Fsp3) is 0.600. The van der Waals surface area contributed by atoms with E-state index in [1.165, 1.54) is 25.7 Å². The molecule has 6 nitrogen and oxygen atoms in total. The van der Waals surface area contributed by atoms with Crippen LogP contribution in [0, 0.1) is 17.8 Å². The summed E-state index contributed by atoms with van der Waals surface area (Å²) in [5.74, 6) is 2.68. The predicted molar refractivity (Wildman–Crippen MR) is 99.1 cm³/mol. The van der Waals surface area contributed by atoms with Crippen molar-refractivity contribution in [2.75, 3.05) is 18.5 Å². The highest BCUT2D eigenvalue weighted by Gasteiger charge is 2.42. The molecule has 2 fully saturated rings. The summed E-state index contributed by atoms with van der Waals surface area (Å²) in [6.45, 7) is 4.12. The van der Waals surface area contributed by atoms with Gasteiger partial charge in [-0.3, -0.25) is 10.1 Å². The maximum absolute atomic E-state index is 12.2. The predicted octanol–water partition coefficient (Wildman–Crippen LogP) is 3.57. The van der Waals surface area contributed by atoms with E-state index in [4.69, 9.17) is 9.47 Å². The number of rotatable bonds is 7. The van der Waals surface area contributed by atoms with Gasteiger partial charge in [-0.25, -0.2) is 4.79 Å². The number of nitrogens with one attached hydrogen (secondary N) is 2. The van der Waals surface area contributed by atoms with Crippen LogP contribution in [-0.4, -0.2) is 31.3 Å². The lowest BCUT2D eigenvalue weighted by atomic mass is 9.84. The molecule has 0 aromatic heterocycles. The van der Waals surface area contributed by atoms with Crippen molar-refractivity contribution in [1.29, 1.82) is 0 Å². The van der Waals surface area contributed by atoms with Crippen LogP contribution in [0.25, 0.3) is 0 Å². The van der Waals surface area contributed by atoms with Crippen molar-refractivity contribution in [2.45, 2.75) is 45.6 Å². The Hall–Kier alpha value is -2.24. The van der Waals surface area contributed by atoms with Gasteiger partial charge in [0.05, 0.1) is 6.61 Å². The van der Waals surface area contributed by atoms with Crippen molar-refractivity contribution in [3.05, 3.63) is 24.3 Å². The Balaban J connectivity index is 1.44. The zero-order chi connectivity index (χ0) is 18.5. The molecule has 0 radical (unpaired) electrons. The second kappa shape index (κ2) is 8.43. The van der Waals surface area contributed by atoms with Gasteiger partial charge in [-0.05, 0) is 63.0 Å². The molecule has 0 saturated heterocycles. The number of hydrogen-bond donors (Lipinski definition) is 2. The summed E-state index contributed by atoms with van der Waals surface area (Å²) in [4.78, 5) is 23.7. The third kappa shape index (κ3) is 4.68. The standard InChI is InChI=1S/C20H28N2O4/c1-3-25-20(24)22-16-5-4-6-17(11-16)26-12-19(23)21-13(2)18-10-14-7-8-15(18)9-14/h4-6,11,13-15,18H,3,7-10,12H2,1-2H3,(H,21,23)(H,22,24)/t13-,14-,15-,18-/m0/s1. The monoisotopic (exact) mass is 360 g/mol. The Morgan fingerprint density at radius 3 is 2.81 bits per heavy atom. The fourth-order valence-electron chi connectivity index (χ4n) is 4.41. The van der Waals surface area contributed by atoms with Gasteiger partial charge in [-0.2, -0.15) is 0 Å². The van der Waals surface area contributed by atoms with Gasteiger partial charge >= 0.3 is 6.09 Å². The molecule has 0 unspecified atom stereocenters. The van der Waals surface area contributed by atoms with Crippen molar-refractivity contribution in [3.8, 4) is 5.75 Å². The molecular weight excluding hydrogens is 332 g/mol. The van der Waals surface area contributed by atoms with E-state index in [-0.39, 0.29) is 18.6 Å². The Morgan fingerprint density at radius 2 is 2.12 bits per heavy atom.